The molecule has 3 aromatic heterocycles. The Labute approximate surface area is 149 Å². The smallest absolute Gasteiger partial charge is 0.283 e. The van der Waals surface area contributed by atoms with Gasteiger partial charge in [0.05, 0.1) is 22.8 Å². The number of aromatic nitrogens is 2. The lowest BCUT2D eigenvalue weighted by Crippen LogP contribution is -2.16. The van der Waals surface area contributed by atoms with Crippen molar-refractivity contribution in [3.8, 4) is 11.3 Å². The van der Waals surface area contributed by atoms with Crippen LogP contribution in [0.15, 0.2) is 68.7 Å². The zero-order chi connectivity index (χ0) is 18.1. The molecule has 1 aromatic carbocycles. The van der Waals surface area contributed by atoms with Crippen LogP contribution >= 0.6 is 11.3 Å². The molecule has 26 heavy (non-hydrogen) atoms. The topological polar surface area (TPSA) is 104 Å². The van der Waals surface area contributed by atoms with E-state index in [2.05, 4.69) is 10.1 Å². The fourth-order valence-electron chi connectivity index (χ4n) is 2.43. The van der Waals surface area contributed by atoms with Crippen LogP contribution in [0.5, 0.6) is 0 Å². The lowest BCUT2D eigenvalue weighted by Gasteiger charge is -1.99. The molecule has 4 rings (SSSR count). The van der Waals surface area contributed by atoms with Crippen LogP contribution in [-0.2, 0) is 0 Å². The third-order valence-electron chi connectivity index (χ3n) is 3.70. The van der Waals surface area contributed by atoms with Crippen LogP contribution < -0.4 is 5.56 Å². The Morgan fingerprint density at radius 2 is 2.08 bits per heavy atom. The monoisotopic (exact) mass is 366 g/mol. The second-order valence-corrected chi connectivity index (χ2v) is 6.15. The summed E-state index contributed by atoms with van der Waals surface area (Å²) in [5, 5.41) is 17.1. The predicted octanol–water partition coefficient (Wildman–Crippen LogP) is 3.51. The Hall–Kier alpha value is -3.59. The Bertz CT molecular complexity index is 1170. The van der Waals surface area contributed by atoms with Gasteiger partial charge >= 0.3 is 0 Å². The molecule has 4 aromatic rings. The standard InChI is InChI=1S/C17H10N4O4S/c22-17-15-13(14-2-1-7-25-14)9-26-16(15)18-10-20(17)19-8-11-3-5-12(6-4-11)21(23)24/h1-10H/b19-8-. The highest BCUT2D eigenvalue weighted by molar-refractivity contribution is 7.17. The molecule has 0 unspecified atom stereocenters. The first kappa shape index (κ1) is 15.9. The molecule has 8 nitrogen and oxygen atoms in total. The van der Waals surface area contributed by atoms with Gasteiger partial charge in [-0.05, 0) is 29.8 Å². The second kappa shape index (κ2) is 6.37. The summed E-state index contributed by atoms with van der Waals surface area (Å²) in [4.78, 5) is 27.8. The Kier molecular flexibility index (Phi) is 3.90. The first-order chi connectivity index (χ1) is 12.6. The highest BCUT2D eigenvalue weighted by Gasteiger charge is 2.14. The maximum Gasteiger partial charge on any atom is 0.283 e. The molecule has 0 saturated heterocycles. The number of fused-ring (bicyclic) bond motifs is 1. The van der Waals surface area contributed by atoms with E-state index in [-0.39, 0.29) is 11.2 Å². The van der Waals surface area contributed by atoms with E-state index in [1.165, 1.54) is 36.0 Å². The van der Waals surface area contributed by atoms with Gasteiger partial charge in [0.25, 0.3) is 11.2 Å². The van der Waals surface area contributed by atoms with E-state index in [0.29, 0.717) is 27.1 Å². The van der Waals surface area contributed by atoms with Gasteiger partial charge in [-0.15, -0.1) is 11.3 Å². The van der Waals surface area contributed by atoms with Crippen LogP contribution in [0, 0.1) is 10.1 Å². The first-order valence-electron chi connectivity index (χ1n) is 7.45. The number of benzene rings is 1. The lowest BCUT2D eigenvalue weighted by atomic mass is 10.2. The number of thiophene rings is 1. The number of nitro groups is 1. The van der Waals surface area contributed by atoms with Gasteiger partial charge in [0.2, 0.25) is 0 Å². The normalized spacial score (nSPS) is 11.4. The third kappa shape index (κ3) is 2.80. The molecular weight excluding hydrogens is 356 g/mol. The number of nitrogens with zero attached hydrogens (tertiary/aromatic N) is 4. The Morgan fingerprint density at radius 1 is 1.27 bits per heavy atom. The molecule has 0 bridgehead atoms. The van der Waals surface area contributed by atoms with E-state index in [0.717, 1.165) is 4.68 Å². The van der Waals surface area contributed by atoms with Crippen LogP contribution in [-0.4, -0.2) is 20.8 Å². The molecular formula is C17H10N4O4S. The van der Waals surface area contributed by atoms with Crippen LogP contribution in [0.1, 0.15) is 5.56 Å². The van der Waals surface area contributed by atoms with Crippen molar-refractivity contribution >= 4 is 33.5 Å². The summed E-state index contributed by atoms with van der Waals surface area (Å²) >= 11 is 1.35. The molecule has 0 N–H and O–H groups in total. The van der Waals surface area contributed by atoms with Crippen LogP contribution in [0.2, 0.25) is 0 Å². The van der Waals surface area contributed by atoms with Gasteiger partial charge in [-0.2, -0.15) is 9.78 Å². The first-order valence-corrected chi connectivity index (χ1v) is 8.33. The summed E-state index contributed by atoms with van der Waals surface area (Å²) < 4.78 is 6.51. The van der Waals surface area contributed by atoms with Gasteiger partial charge in [0, 0.05) is 23.1 Å². The van der Waals surface area contributed by atoms with Crippen molar-refractivity contribution in [2.75, 3.05) is 0 Å². The fraction of sp³-hybridized carbons (Fsp3) is 0. The van der Waals surface area contributed by atoms with E-state index in [9.17, 15) is 14.9 Å². The van der Waals surface area contributed by atoms with E-state index in [1.807, 2.05) is 5.38 Å². The minimum Gasteiger partial charge on any atom is -0.464 e. The van der Waals surface area contributed by atoms with E-state index in [4.69, 9.17) is 4.42 Å². The molecule has 0 radical (unpaired) electrons. The van der Waals surface area contributed by atoms with E-state index < -0.39 is 4.92 Å². The second-order valence-electron chi connectivity index (χ2n) is 5.29. The average Bonchev–Trinajstić information content (AvgIpc) is 3.31. The van der Waals surface area contributed by atoms with Crippen molar-refractivity contribution < 1.29 is 9.34 Å². The minimum absolute atomic E-state index is 0.0104. The largest absolute Gasteiger partial charge is 0.464 e. The van der Waals surface area contributed by atoms with Crippen LogP contribution in [0.4, 0.5) is 5.69 Å². The number of rotatable bonds is 4. The highest BCUT2D eigenvalue weighted by atomic mass is 32.1. The van der Waals surface area contributed by atoms with Crippen molar-refractivity contribution in [3.05, 3.63) is 80.4 Å². The van der Waals surface area contributed by atoms with Gasteiger partial charge in [0.1, 0.15) is 16.9 Å². The molecule has 0 aliphatic rings. The van der Waals surface area contributed by atoms with Crippen molar-refractivity contribution in [2.24, 2.45) is 5.10 Å². The quantitative estimate of drug-likeness (QED) is 0.312. The molecule has 128 valence electrons. The lowest BCUT2D eigenvalue weighted by molar-refractivity contribution is -0.384. The summed E-state index contributed by atoms with van der Waals surface area (Å²) in [6, 6.07) is 9.38. The number of hydrogen-bond donors (Lipinski definition) is 0. The molecule has 0 amide bonds. The van der Waals surface area contributed by atoms with Gasteiger partial charge in [0.15, 0.2) is 0 Å². The van der Waals surface area contributed by atoms with Gasteiger partial charge in [-0.25, -0.2) is 4.98 Å². The van der Waals surface area contributed by atoms with Crippen molar-refractivity contribution in [1.29, 1.82) is 0 Å². The molecule has 9 heteroatoms. The van der Waals surface area contributed by atoms with Crippen LogP contribution in [0.3, 0.4) is 0 Å². The molecule has 0 aliphatic heterocycles. The van der Waals surface area contributed by atoms with Crippen molar-refractivity contribution in [1.82, 2.24) is 9.66 Å². The fourth-order valence-corrected chi connectivity index (χ4v) is 3.32. The van der Waals surface area contributed by atoms with Gasteiger partial charge in [-0.1, -0.05) is 0 Å². The SMILES string of the molecule is O=c1c2c(-c3ccco3)csc2ncn1/N=C\c1ccc([N+](=O)[O-])cc1. The van der Waals surface area contributed by atoms with Crippen molar-refractivity contribution in [2.45, 2.75) is 0 Å². The Morgan fingerprint density at radius 3 is 2.77 bits per heavy atom. The maximum atomic E-state index is 12.8. The zero-order valence-corrected chi connectivity index (χ0v) is 13.9. The molecule has 0 fully saturated rings. The maximum absolute atomic E-state index is 12.8. The number of nitro benzene ring substituents is 1. The van der Waals surface area contributed by atoms with Crippen molar-refractivity contribution in [3.63, 3.8) is 0 Å². The van der Waals surface area contributed by atoms with Crippen LogP contribution in [0.25, 0.3) is 21.5 Å². The zero-order valence-electron chi connectivity index (χ0n) is 13.1. The molecule has 0 saturated carbocycles. The highest BCUT2D eigenvalue weighted by Crippen LogP contribution is 2.30. The summed E-state index contributed by atoms with van der Waals surface area (Å²) in [5.41, 5.74) is 0.969. The number of furan rings is 1. The Balaban J connectivity index is 1.73. The number of non-ortho nitro benzene ring substituents is 1. The third-order valence-corrected chi connectivity index (χ3v) is 4.59. The molecule has 0 spiro atoms. The minimum atomic E-state index is -0.476. The van der Waals surface area contributed by atoms with Gasteiger partial charge < -0.3 is 4.42 Å². The summed E-state index contributed by atoms with van der Waals surface area (Å²) in [5.74, 6) is 0.590. The molecule has 3 heterocycles. The van der Waals surface area contributed by atoms with E-state index in [1.54, 1.807) is 30.5 Å². The van der Waals surface area contributed by atoms with Gasteiger partial charge in [-0.3, -0.25) is 14.9 Å². The summed E-state index contributed by atoms with van der Waals surface area (Å²) in [7, 11) is 0. The molecule has 0 atom stereocenters. The summed E-state index contributed by atoms with van der Waals surface area (Å²) in [6.45, 7) is 0. The average molecular weight is 366 g/mol. The molecule has 0 aliphatic carbocycles. The van der Waals surface area contributed by atoms with E-state index >= 15 is 0 Å². The number of hydrogen-bond acceptors (Lipinski definition) is 7. The predicted molar refractivity (Wildman–Crippen MR) is 97.7 cm³/mol. The summed E-state index contributed by atoms with van der Waals surface area (Å²) in [6.07, 6.45) is 4.33.